The van der Waals surface area contributed by atoms with Crippen LogP contribution in [0.15, 0.2) is 48.7 Å². The number of carbonyl (C=O) groups is 1. The number of nitrogens with one attached hydrogen (secondary N) is 2. The molecule has 0 unspecified atom stereocenters. The first-order valence-electron chi connectivity index (χ1n) is 10.1. The Labute approximate surface area is 171 Å². The Morgan fingerprint density at radius 3 is 2.47 bits per heavy atom. The maximum Gasteiger partial charge on any atom is 0.416 e. The third kappa shape index (κ3) is 3.76. The number of amides is 1. The number of benzene rings is 2. The lowest BCUT2D eigenvalue weighted by Crippen LogP contribution is -2.32. The van der Waals surface area contributed by atoms with E-state index in [1.807, 2.05) is 18.2 Å². The number of fused-ring (bicyclic) bond motifs is 1. The van der Waals surface area contributed by atoms with Crippen LogP contribution in [0, 0.1) is 5.92 Å². The maximum absolute atomic E-state index is 12.7. The van der Waals surface area contributed by atoms with E-state index >= 15 is 0 Å². The molecule has 0 radical (unpaired) electrons. The number of ether oxygens (including phenoxy) is 1. The first-order valence-corrected chi connectivity index (χ1v) is 10.1. The summed E-state index contributed by atoms with van der Waals surface area (Å²) in [6, 6.07) is 11.1. The molecule has 2 aliphatic rings. The average Bonchev–Trinajstić information content (AvgIpc) is 3.47. The molecule has 2 N–H and O–H groups in total. The van der Waals surface area contributed by atoms with E-state index in [2.05, 4.69) is 10.3 Å². The number of aromatic amines is 1. The first-order chi connectivity index (χ1) is 14.4. The minimum Gasteiger partial charge on any atom is -0.490 e. The number of H-pyrrole nitrogens is 1. The summed E-state index contributed by atoms with van der Waals surface area (Å²) in [4.78, 5) is 15.2. The second-order valence-electron chi connectivity index (χ2n) is 8.20. The van der Waals surface area contributed by atoms with Crippen molar-refractivity contribution in [3.63, 3.8) is 0 Å². The molecule has 156 valence electrons. The Hall–Kier alpha value is -2.96. The summed E-state index contributed by atoms with van der Waals surface area (Å²) in [5.74, 6) is 1.12. The van der Waals surface area contributed by atoms with Gasteiger partial charge in [-0.25, -0.2) is 0 Å². The third-order valence-corrected chi connectivity index (χ3v) is 5.97. The van der Waals surface area contributed by atoms with Gasteiger partial charge in [-0.05, 0) is 67.5 Å². The molecule has 1 amide bonds. The molecule has 0 aliphatic heterocycles. The predicted molar refractivity (Wildman–Crippen MR) is 107 cm³/mol. The van der Waals surface area contributed by atoms with E-state index in [-0.39, 0.29) is 23.8 Å². The van der Waals surface area contributed by atoms with Crippen LogP contribution in [0.1, 0.15) is 42.7 Å². The number of carbonyl (C=O) groups excluding carboxylic acids is 1. The Bertz CT molecular complexity index is 1080. The highest BCUT2D eigenvalue weighted by Crippen LogP contribution is 2.41. The minimum atomic E-state index is -4.31. The largest absolute Gasteiger partial charge is 0.490 e. The highest BCUT2D eigenvalue weighted by Gasteiger charge is 2.34. The molecule has 0 bridgehead atoms. The Balaban J connectivity index is 1.22. The zero-order valence-electron chi connectivity index (χ0n) is 16.1. The first kappa shape index (κ1) is 19.0. The number of halogens is 3. The van der Waals surface area contributed by atoms with Crippen molar-refractivity contribution in [2.75, 3.05) is 5.32 Å². The van der Waals surface area contributed by atoms with E-state index in [1.165, 1.54) is 0 Å². The summed E-state index contributed by atoms with van der Waals surface area (Å²) in [6.07, 6.45) is 0.937. The molecular weight excluding hydrogens is 393 g/mol. The van der Waals surface area contributed by atoms with Crippen LogP contribution in [0.3, 0.4) is 0 Å². The van der Waals surface area contributed by atoms with E-state index in [1.54, 1.807) is 18.3 Å². The smallest absolute Gasteiger partial charge is 0.416 e. The van der Waals surface area contributed by atoms with E-state index in [0.29, 0.717) is 0 Å². The number of rotatable bonds is 5. The van der Waals surface area contributed by atoms with Gasteiger partial charge >= 0.3 is 6.18 Å². The second-order valence-corrected chi connectivity index (χ2v) is 8.20. The highest BCUT2D eigenvalue weighted by molar-refractivity contribution is 6.03. The van der Waals surface area contributed by atoms with Gasteiger partial charge in [0.05, 0.1) is 17.4 Å². The van der Waals surface area contributed by atoms with Crippen molar-refractivity contribution < 1.29 is 22.7 Å². The lowest BCUT2D eigenvalue weighted by atomic mass is 9.77. The van der Waals surface area contributed by atoms with Gasteiger partial charge in [0.15, 0.2) is 0 Å². The summed E-state index contributed by atoms with van der Waals surface area (Å²) in [5.41, 5.74) is 1.96. The number of aromatic nitrogens is 1. The minimum absolute atomic E-state index is 0.0261. The highest BCUT2D eigenvalue weighted by atomic mass is 19.4. The van der Waals surface area contributed by atoms with E-state index in [4.69, 9.17) is 4.74 Å². The van der Waals surface area contributed by atoms with Gasteiger partial charge in [-0.2, -0.15) is 13.2 Å². The van der Waals surface area contributed by atoms with Crippen LogP contribution >= 0.6 is 0 Å². The summed E-state index contributed by atoms with van der Waals surface area (Å²) in [7, 11) is 0. The molecule has 0 atom stereocenters. The molecule has 0 saturated heterocycles. The zero-order chi connectivity index (χ0) is 20.9. The van der Waals surface area contributed by atoms with Crippen molar-refractivity contribution in [2.45, 2.75) is 43.9 Å². The standard InChI is InChI=1S/C23H21F3N2O2/c24-23(25,26)16-5-3-13(4-6-16)15-9-18(10-15)30-17-7-8-20-19(11-17)21(12-27-20)28-22(29)14-1-2-14/h3-8,11-12,14-15,18,27H,1-2,9-10H2,(H,28,29)/t15-,18+. The number of hydrogen-bond acceptors (Lipinski definition) is 2. The van der Waals surface area contributed by atoms with Crippen LogP contribution in [-0.4, -0.2) is 17.0 Å². The second kappa shape index (κ2) is 7.07. The van der Waals surface area contributed by atoms with Crippen LogP contribution in [-0.2, 0) is 11.0 Å². The van der Waals surface area contributed by atoms with Crippen molar-refractivity contribution in [3.8, 4) is 5.75 Å². The molecule has 3 aromatic rings. The van der Waals surface area contributed by atoms with Crippen LogP contribution < -0.4 is 10.1 Å². The fourth-order valence-corrected chi connectivity index (χ4v) is 3.93. The molecule has 5 rings (SSSR count). The monoisotopic (exact) mass is 414 g/mol. The summed E-state index contributed by atoms with van der Waals surface area (Å²) < 4.78 is 44.2. The normalized spacial score (nSPS) is 21.3. The molecule has 7 heteroatoms. The fraction of sp³-hybridized carbons (Fsp3) is 0.348. The summed E-state index contributed by atoms with van der Waals surface area (Å²) in [6.45, 7) is 0. The Morgan fingerprint density at radius 1 is 1.07 bits per heavy atom. The van der Waals surface area contributed by atoms with Crippen molar-refractivity contribution in [2.24, 2.45) is 5.92 Å². The van der Waals surface area contributed by atoms with Crippen molar-refractivity contribution in [1.82, 2.24) is 4.98 Å². The number of anilines is 1. The predicted octanol–water partition coefficient (Wildman–Crippen LogP) is 5.86. The zero-order valence-corrected chi connectivity index (χ0v) is 16.1. The molecule has 1 aromatic heterocycles. The van der Waals surface area contributed by atoms with Gasteiger partial charge in [0.2, 0.25) is 5.91 Å². The molecule has 30 heavy (non-hydrogen) atoms. The molecule has 1 heterocycles. The molecule has 2 saturated carbocycles. The van der Waals surface area contributed by atoms with Crippen molar-refractivity contribution in [3.05, 3.63) is 59.8 Å². The van der Waals surface area contributed by atoms with E-state index < -0.39 is 11.7 Å². The van der Waals surface area contributed by atoms with Crippen LogP contribution in [0.5, 0.6) is 5.75 Å². The van der Waals surface area contributed by atoms with Crippen LogP contribution in [0.2, 0.25) is 0 Å². The Morgan fingerprint density at radius 2 is 1.80 bits per heavy atom. The lowest BCUT2D eigenvalue weighted by molar-refractivity contribution is -0.137. The quantitative estimate of drug-likeness (QED) is 0.549. The number of alkyl halides is 3. The third-order valence-electron chi connectivity index (χ3n) is 5.97. The molecule has 0 spiro atoms. The SMILES string of the molecule is O=C(Nc1c[nH]c2ccc(O[C@H]3C[C@@H](c4ccc(C(F)(F)F)cc4)C3)cc12)C1CC1. The maximum atomic E-state index is 12.7. The van der Waals surface area contributed by atoms with Gasteiger partial charge in [-0.1, -0.05) is 12.1 Å². The van der Waals surface area contributed by atoms with Gasteiger partial charge in [0.25, 0.3) is 0 Å². The lowest BCUT2D eigenvalue weighted by Gasteiger charge is -2.35. The van der Waals surface area contributed by atoms with Crippen molar-refractivity contribution >= 4 is 22.5 Å². The Kier molecular flexibility index (Phi) is 4.49. The molecule has 2 fully saturated rings. The van der Waals surface area contributed by atoms with E-state index in [0.717, 1.165) is 65.7 Å². The van der Waals surface area contributed by atoms with Gasteiger partial charge in [-0.3, -0.25) is 4.79 Å². The van der Waals surface area contributed by atoms with E-state index in [9.17, 15) is 18.0 Å². The average molecular weight is 414 g/mol. The van der Waals surface area contributed by atoms with Crippen LogP contribution in [0.25, 0.3) is 10.9 Å². The van der Waals surface area contributed by atoms with Crippen LogP contribution in [0.4, 0.5) is 18.9 Å². The fourth-order valence-electron chi connectivity index (χ4n) is 3.93. The topological polar surface area (TPSA) is 54.1 Å². The molecule has 4 nitrogen and oxygen atoms in total. The van der Waals surface area contributed by atoms with Gasteiger partial charge in [0.1, 0.15) is 5.75 Å². The van der Waals surface area contributed by atoms with Gasteiger partial charge in [-0.15, -0.1) is 0 Å². The molecule has 2 aromatic carbocycles. The molecule has 2 aliphatic carbocycles. The number of hydrogen-bond donors (Lipinski definition) is 2. The summed E-state index contributed by atoms with van der Waals surface area (Å²) in [5, 5.41) is 3.88. The molecular formula is C23H21F3N2O2. The van der Waals surface area contributed by atoms with Gasteiger partial charge < -0.3 is 15.0 Å². The van der Waals surface area contributed by atoms with Gasteiger partial charge in [0, 0.05) is 23.0 Å². The van der Waals surface area contributed by atoms with Crippen molar-refractivity contribution in [1.29, 1.82) is 0 Å². The summed E-state index contributed by atoms with van der Waals surface area (Å²) >= 11 is 0.